The maximum Gasteiger partial charge on any atom is 0.0213 e. The van der Waals surface area contributed by atoms with Crippen LogP contribution in [0.1, 0.15) is 41.5 Å². The zero-order valence-electron chi connectivity index (χ0n) is 9.86. The van der Waals surface area contributed by atoms with Crippen molar-refractivity contribution < 1.29 is 0 Å². The monoisotopic (exact) mass is 181 g/mol. The smallest absolute Gasteiger partial charge is 0.0213 e. The third kappa shape index (κ3) is 2.26. The molecule has 0 radical (unpaired) electrons. The Morgan fingerprint density at radius 1 is 1.15 bits per heavy atom. The first-order valence-corrected chi connectivity index (χ1v) is 5.17. The maximum absolute atomic E-state index is 3.37. The fourth-order valence-corrected chi connectivity index (χ4v) is 2.01. The molecule has 1 nitrogen and oxygen atoms in total. The Bertz CT molecular complexity index is 212. The first kappa shape index (κ1) is 10.6. The van der Waals surface area contributed by atoms with E-state index in [2.05, 4.69) is 53.1 Å². The molecule has 0 aromatic heterocycles. The summed E-state index contributed by atoms with van der Waals surface area (Å²) in [6.07, 6.45) is 2.22. The topological polar surface area (TPSA) is 12.0 Å². The minimum absolute atomic E-state index is 0.307. The van der Waals surface area contributed by atoms with Crippen LogP contribution < -0.4 is 5.32 Å². The van der Waals surface area contributed by atoms with Crippen molar-refractivity contribution in [2.45, 2.75) is 41.5 Å². The number of rotatable bonds is 0. The van der Waals surface area contributed by atoms with E-state index < -0.39 is 0 Å². The van der Waals surface area contributed by atoms with Gasteiger partial charge in [0.25, 0.3) is 0 Å². The average Bonchev–Trinajstić information content (AvgIpc) is 2.27. The largest absolute Gasteiger partial charge is 0.390 e. The minimum Gasteiger partial charge on any atom is -0.390 e. The van der Waals surface area contributed by atoms with E-state index >= 15 is 0 Å². The number of hydrogen-bond donors (Lipinski definition) is 1. The molecule has 13 heavy (non-hydrogen) atoms. The molecule has 1 rings (SSSR count). The molecule has 0 bridgehead atoms. The van der Waals surface area contributed by atoms with Crippen LogP contribution in [0, 0.1) is 16.7 Å². The van der Waals surface area contributed by atoms with Gasteiger partial charge in [-0.1, -0.05) is 41.5 Å². The molecule has 0 amide bonds. The van der Waals surface area contributed by atoms with E-state index in [1.54, 1.807) is 5.57 Å². The lowest BCUT2D eigenvalue weighted by molar-refractivity contribution is 0.257. The van der Waals surface area contributed by atoms with Crippen LogP contribution in [0.5, 0.6) is 0 Å². The van der Waals surface area contributed by atoms with Crippen LogP contribution in [0.15, 0.2) is 11.8 Å². The van der Waals surface area contributed by atoms with E-state index in [0.29, 0.717) is 16.7 Å². The van der Waals surface area contributed by atoms with Crippen LogP contribution in [0.4, 0.5) is 0 Å². The van der Waals surface area contributed by atoms with Crippen molar-refractivity contribution in [3.63, 3.8) is 0 Å². The predicted octanol–water partition coefficient (Wildman–Crippen LogP) is 3.18. The molecule has 1 aliphatic rings. The molecular weight excluding hydrogens is 158 g/mol. The minimum atomic E-state index is 0.307. The van der Waals surface area contributed by atoms with Gasteiger partial charge >= 0.3 is 0 Å². The van der Waals surface area contributed by atoms with Crippen molar-refractivity contribution in [1.82, 2.24) is 5.32 Å². The third-order valence-electron chi connectivity index (χ3n) is 2.87. The standard InChI is InChI=1S/C12H23N/c1-11(2,3)9-7-13-8-10(9)12(4,5)6/h7,10,13H,8H2,1-6H3. The van der Waals surface area contributed by atoms with Crippen molar-refractivity contribution in [1.29, 1.82) is 0 Å². The molecule has 1 atom stereocenters. The highest BCUT2D eigenvalue weighted by molar-refractivity contribution is 5.21. The highest BCUT2D eigenvalue weighted by atomic mass is 14.9. The van der Waals surface area contributed by atoms with Crippen LogP contribution in [0.2, 0.25) is 0 Å². The van der Waals surface area contributed by atoms with Gasteiger partial charge in [-0.2, -0.15) is 0 Å². The van der Waals surface area contributed by atoms with E-state index in [4.69, 9.17) is 0 Å². The van der Waals surface area contributed by atoms with E-state index in [0.717, 1.165) is 6.54 Å². The van der Waals surface area contributed by atoms with Crippen molar-refractivity contribution >= 4 is 0 Å². The second kappa shape index (κ2) is 3.04. The fourth-order valence-electron chi connectivity index (χ4n) is 2.01. The Labute approximate surface area is 82.6 Å². The Hall–Kier alpha value is -0.460. The molecule has 1 N–H and O–H groups in total. The third-order valence-corrected chi connectivity index (χ3v) is 2.87. The summed E-state index contributed by atoms with van der Waals surface area (Å²) in [5.41, 5.74) is 2.25. The van der Waals surface area contributed by atoms with Crippen LogP contribution >= 0.6 is 0 Å². The Balaban J connectivity index is 2.87. The highest BCUT2D eigenvalue weighted by Crippen LogP contribution is 2.42. The van der Waals surface area contributed by atoms with Gasteiger partial charge in [0.1, 0.15) is 0 Å². The highest BCUT2D eigenvalue weighted by Gasteiger charge is 2.35. The van der Waals surface area contributed by atoms with Gasteiger partial charge in [0.15, 0.2) is 0 Å². The normalized spacial score (nSPS) is 24.2. The first-order valence-electron chi connectivity index (χ1n) is 5.17. The summed E-state index contributed by atoms with van der Waals surface area (Å²) in [5.74, 6) is 0.687. The van der Waals surface area contributed by atoms with Crippen LogP contribution in [-0.2, 0) is 0 Å². The van der Waals surface area contributed by atoms with E-state index in [-0.39, 0.29) is 0 Å². The summed E-state index contributed by atoms with van der Waals surface area (Å²) in [5, 5.41) is 3.37. The lowest BCUT2D eigenvalue weighted by Gasteiger charge is -2.34. The van der Waals surface area contributed by atoms with Crippen molar-refractivity contribution in [2.24, 2.45) is 16.7 Å². The molecule has 76 valence electrons. The molecule has 1 heterocycles. The summed E-state index contributed by atoms with van der Waals surface area (Å²) in [7, 11) is 0. The van der Waals surface area contributed by atoms with Gasteiger partial charge in [0, 0.05) is 12.5 Å². The fraction of sp³-hybridized carbons (Fsp3) is 0.833. The quantitative estimate of drug-likeness (QED) is 0.605. The zero-order valence-corrected chi connectivity index (χ0v) is 9.86. The number of hydrogen-bond acceptors (Lipinski definition) is 1. The summed E-state index contributed by atoms with van der Waals surface area (Å²) < 4.78 is 0. The molecule has 0 fully saturated rings. The predicted molar refractivity (Wildman–Crippen MR) is 58.5 cm³/mol. The molecule has 0 aromatic carbocycles. The maximum atomic E-state index is 3.37. The summed E-state index contributed by atoms with van der Waals surface area (Å²) in [4.78, 5) is 0. The average molecular weight is 181 g/mol. The first-order chi connectivity index (χ1) is 5.73. The Kier molecular flexibility index (Phi) is 2.48. The molecule has 1 aliphatic heterocycles. The second-order valence-electron chi connectivity index (χ2n) is 6.18. The van der Waals surface area contributed by atoms with Gasteiger partial charge in [0.2, 0.25) is 0 Å². The van der Waals surface area contributed by atoms with Crippen LogP contribution in [-0.4, -0.2) is 6.54 Å². The molecule has 0 saturated carbocycles. The molecule has 1 heteroatoms. The van der Waals surface area contributed by atoms with E-state index in [1.165, 1.54) is 0 Å². The molecule has 1 unspecified atom stereocenters. The van der Waals surface area contributed by atoms with Gasteiger partial charge in [-0.05, 0) is 22.6 Å². The van der Waals surface area contributed by atoms with Crippen LogP contribution in [0.3, 0.4) is 0 Å². The second-order valence-corrected chi connectivity index (χ2v) is 6.18. The van der Waals surface area contributed by atoms with Gasteiger partial charge in [0.05, 0.1) is 0 Å². The lowest BCUT2D eigenvalue weighted by atomic mass is 9.70. The summed E-state index contributed by atoms with van der Waals surface area (Å²) >= 11 is 0. The van der Waals surface area contributed by atoms with E-state index in [9.17, 15) is 0 Å². The van der Waals surface area contributed by atoms with Crippen LogP contribution in [0.25, 0.3) is 0 Å². The van der Waals surface area contributed by atoms with Crippen molar-refractivity contribution in [3.05, 3.63) is 11.8 Å². The van der Waals surface area contributed by atoms with E-state index in [1.807, 2.05) is 0 Å². The van der Waals surface area contributed by atoms with Gasteiger partial charge in [-0.25, -0.2) is 0 Å². The van der Waals surface area contributed by atoms with Gasteiger partial charge in [-0.15, -0.1) is 0 Å². The Morgan fingerprint density at radius 3 is 2.00 bits per heavy atom. The van der Waals surface area contributed by atoms with Gasteiger partial charge in [-0.3, -0.25) is 0 Å². The van der Waals surface area contributed by atoms with Crippen molar-refractivity contribution in [2.75, 3.05) is 6.54 Å². The molecule has 0 saturated heterocycles. The molecule has 0 aromatic rings. The lowest BCUT2D eigenvalue weighted by Crippen LogP contribution is -2.29. The Morgan fingerprint density at radius 2 is 1.69 bits per heavy atom. The molecular formula is C12H23N. The van der Waals surface area contributed by atoms with Gasteiger partial charge < -0.3 is 5.32 Å². The summed E-state index contributed by atoms with van der Waals surface area (Å²) in [6, 6.07) is 0. The number of nitrogens with one attached hydrogen (secondary N) is 1. The SMILES string of the molecule is CC(C)(C)C1=CNCC1C(C)(C)C. The summed E-state index contributed by atoms with van der Waals surface area (Å²) in [6.45, 7) is 15.0. The molecule has 0 spiro atoms. The van der Waals surface area contributed by atoms with Crippen molar-refractivity contribution in [3.8, 4) is 0 Å². The zero-order chi connectivity index (χ0) is 10.3. The molecule has 0 aliphatic carbocycles.